The molecule has 1 aromatic rings. The molecular weight excluding hydrogens is 210 g/mol. The van der Waals surface area contributed by atoms with Crippen LogP contribution in [0.15, 0.2) is 18.3 Å². The third-order valence-corrected chi connectivity index (χ3v) is 3.20. The molecule has 0 saturated carbocycles. The monoisotopic (exact) mass is 225 g/mol. The SMILES string of the molecule is CC(c1ncccc1Cl)N1CCNCC1. The maximum atomic E-state index is 6.13. The van der Waals surface area contributed by atoms with Crippen molar-refractivity contribution in [3.05, 3.63) is 29.0 Å². The first-order valence-electron chi connectivity index (χ1n) is 5.34. The highest BCUT2D eigenvalue weighted by Gasteiger charge is 2.20. The van der Waals surface area contributed by atoms with Gasteiger partial charge in [-0.1, -0.05) is 11.6 Å². The number of hydrogen-bond donors (Lipinski definition) is 1. The molecule has 0 bridgehead atoms. The molecule has 1 aromatic heterocycles. The number of pyridine rings is 1. The maximum absolute atomic E-state index is 6.13. The van der Waals surface area contributed by atoms with Gasteiger partial charge in [-0.3, -0.25) is 9.88 Å². The highest BCUT2D eigenvalue weighted by Crippen LogP contribution is 2.24. The van der Waals surface area contributed by atoms with Crippen molar-refractivity contribution in [2.75, 3.05) is 26.2 Å². The zero-order valence-corrected chi connectivity index (χ0v) is 9.67. The smallest absolute Gasteiger partial charge is 0.0758 e. The minimum atomic E-state index is 0.306. The lowest BCUT2D eigenvalue weighted by molar-refractivity contribution is 0.182. The van der Waals surface area contributed by atoms with E-state index in [2.05, 4.69) is 22.1 Å². The van der Waals surface area contributed by atoms with Crippen LogP contribution in [0.25, 0.3) is 0 Å². The van der Waals surface area contributed by atoms with E-state index in [0.717, 1.165) is 36.9 Å². The Labute approximate surface area is 95.4 Å². The van der Waals surface area contributed by atoms with E-state index in [4.69, 9.17) is 11.6 Å². The number of piperazine rings is 1. The summed E-state index contributed by atoms with van der Waals surface area (Å²) in [5, 5.41) is 4.11. The summed E-state index contributed by atoms with van der Waals surface area (Å²) in [5.41, 5.74) is 0.987. The number of nitrogens with one attached hydrogen (secondary N) is 1. The molecule has 3 nitrogen and oxygen atoms in total. The summed E-state index contributed by atoms with van der Waals surface area (Å²) in [7, 11) is 0. The van der Waals surface area contributed by atoms with E-state index < -0.39 is 0 Å². The fraction of sp³-hybridized carbons (Fsp3) is 0.545. The molecule has 0 aliphatic carbocycles. The van der Waals surface area contributed by atoms with Crippen LogP contribution in [0, 0.1) is 0 Å². The molecule has 1 saturated heterocycles. The summed E-state index contributed by atoms with van der Waals surface area (Å²) in [4.78, 5) is 6.77. The van der Waals surface area contributed by atoms with Gasteiger partial charge in [0.25, 0.3) is 0 Å². The Balaban J connectivity index is 2.12. The van der Waals surface area contributed by atoms with E-state index in [1.54, 1.807) is 6.20 Å². The zero-order valence-electron chi connectivity index (χ0n) is 8.91. The van der Waals surface area contributed by atoms with Crippen LogP contribution < -0.4 is 5.32 Å². The minimum absolute atomic E-state index is 0.306. The minimum Gasteiger partial charge on any atom is -0.314 e. The Bertz CT molecular complexity index is 323. The Morgan fingerprint density at radius 3 is 2.87 bits per heavy atom. The predicted octanol–water partition coefficient (Wildman–Crippen LogP) is 1.70. The second-order valence-electron chi connectivity index (χ2n) is 3.83. The molecule has 1 unspecified atom stereocenters. The highest BCUT2D eigenvalue weighted by molar-refractivity contribution is 6.31. The largest absolute Gasteiger partial charge is 0.314 e. The number of aromatic nitrogens is 1. The van der Waals surface area contributed by atoms with Gasteiger partial charge in [0.1, 0.15) is 0 Å². The van der Waals surface area contributed by atoms with Gasteiger partial charge in [0, 0.05) is 32.4 Å². The summed E-state index contributed by atoms with van der Waals surface area (Å²) in [6.07, 6.45) is 1.81. The van der Waals surface area contributed by atoms with Crippen LogP contribution in [0.5, 0.6) is 0 Å². The topological polar surface area (TPSA) is 28.2 Å². The van der Waals surface area contributed by atoms with Crippen LogP contribution in [-0.4, -0.2) is 36.1 Å². The highest BCUT2D eigenvalue weighted by atomic mass is 35.5. The van der Waals surface area contributed by atoms with Crippen molar-refractivity contribution in [3.63, 3.8) is 0 Å². The molecular formula is C11H16ClN3. The van der Waals surface area contributed by atoms with Gasteiger partial charge in [-0.15, -0.1) is 0 Å². The van der Waals surface area contributed by atoms with Crippen LogP contribution in [-0.2, 0) is 0 Å². The first-order chi connectivity index (χ1) is 7.29. The van der Waals surface area contributed by atoms with Crippen LogP contribution in [0.1, 0.15) is 18.7 Å². The Morgan fingerprint density at radius 1 is 1.47 bits per heavy atom. The van der Waals surface area contributed by atoms with Gasteiger partial charge in [0.05, 0.1) is 16.8 Å². The normalized spacial score (nSPS) is 20.1. The number of hydrogen-bond acceptors (Lipinski definition) is 3. The molecule has 1 aliphatic rings. The molecule has 1 N–H and O–H groups in total. The molecule has 1 fully saturated rings. The molecule has 4 heteroatoms. The second-order valence-corrected chi connectivity index (χ2v) is 4.24. The fourth-order valence-corrected chi connectivity index (χ4v) is 2.23. The molecule has 0 radical (unpaired) electrons. The van der Waals surface area contributed by atoms with E-state index in [-0.39, 0.29) is 0 Å². The summed E-state index contributed by atoms with van der Waals surface area (Å²) in [6.45, 7) is 6.39. The lowest BCUT2D eigenvalue weighted by Gasteiger charge is -2.32. The molecule has 2 heterocycles. The Morgan fingerprint density at radius 2 is 2.20 bits per heavy atom. The Hall–Kier alpha value is -0.640. The number of nitrogens with zero attached hydrogens (tertiary/aromatic N) is 2. The molecule has 0 aromatic carbocycles. The lowest BCUT2D eigenvalue weighted by atomic mass is 10.1. The van der Waals surface area contributed by atoms with Crippen molar-refractivity contribution in [1.29, 1.82) is 0 Å². The van der Waals surface area contributed by atoms with Gasteiger partial charge in [-0.25, -0.2) is 0 Å². The maximum Gasteiger partial charge on any atom is 0.0758 e. The van der Waals surface area contributed by atoms with E-state index in [9.17, 15) is 0 Å². The first kappa shape index (κ1) is 10.9. The Kier molecular flexibility index (Phi) is 3.57. The van der Waals surface area contributed by atoms with Crippen LogP contribution in [0.2, 0.25) is 5.02 Å². The summed E-state index contributed by atoms with van der Waals surface area (Å²) >= 11 is 6.13. The first-order valence-corrected chi connectivity index (χ1v) is 5.72. The summed E-state index contributed by atoms with van der Waals surface area (Å²) in [6, 6.07) is 4.08. The number of rotatable bonds is 2. The van der Waals surface area contributed by atoms with Crippen LogP contribution >= 0.6 is 11.6 Å². The molecule has 1 aliphatic heterocycles. The lowest BCUT2D eigenvalue weighted by Crippen LogP contribution is -2.44. The summed E-state index contributed by atoms with van der Waals surface area (Å²) < 4.78 is 0. The molecule has 0 amide bonds. The van der Waals surface area contributed by atoms with Gasteiger partial charge in [0.2, 0.25) is 0 Å². The van der Waals surface area contributed by atoms with Crippen molar-refractivity contribution in [3.8, 4) is 0 Å². The molecule has 1 atom stereocenters. The van der Waals surface area contributed by atoms with Crippen molar-refractivity contribution in [1.82, 2.24) is 15.2 Å². The number of halogens is 1. The van der Waals surface area contributed by atoms with Crippen molar-refractivity contribution < 1.29 is 0 Å². The van der Waals surface area contributed by atoms with Gasteiger partial charge < -0.3 is 5.32 Å². The standard InChI is InChI=1S/C11H16ClN3/c1-9(15-7-5-13-6-8-15)11-10(12)3-2-4-14-11/h2-4,9,13H,5-8H2,1H3. The average molecular weight is 226 g/mol. The van der Waals surface area contributed by atoms with Gasteiger partial charge in [0.15, 0.2) is 0 Å². The van der Waals surface area contributed by atoms with Crippen LogP contribution in [0.3, 0.4) is 0 Å². The average Bonchev–Trinajstić information content (AvgIpc) is 2.30. The third kappa shape index (κ3) is 2.48. The van der Waals surface area contributed by atoms with E-state index in [1.807, 2.05) is 12.1 Å². The quantitative estimate of drug-likeness (QED) is 0.831. The van der Waals surface area contributed by atoms with E-state index in [0.29, 0.717) is 6.04 Å². The predicted molar refractivity (Wildman–Crippen MR) is 62.1 cm³/mol. The molecule has 2 rings (SSSR count). The van der Waals surface area contributed by atoms with Crippen molar-refractivity contribution in [2.45, 2.75) is 13.0 Å². The second kappa shape index (κ2) is 4.92. The fourth-order valence-electron chi connectivity index (χ4n) is 1.95. The van der Waals surface area contributed by atoms with Crippen LogP contribution in [0.4, 0.5) is 0 Å². The van der Waals surface area contributed by atoms with Gasteiger partial charge in [-0.2, -0.15) is 0 Å². The molecule has 82 valence electrons. The zero-order chi connectivity index (χ0) is 10.7. The van der Waals surface area contributed by atoms with E-state index >= 15 is 0 Å². The van der Waals surface area contributed by atoms with Gasteiger partial charge >= 0.3 is 0 Å². The molecule has 0 spiro atoms. The summed E-state index contributed by atoms with van der Waals surface area (Å²) in [5.74, 6) is 0. The third-order valence-electron chi connectivity index (χ3n) is 2.88. The van der Waals surface area contributed by atoms with Crippen molar-refractivity contribution in [2.24, 2.45) is 0 Å². The van der Waals surface area contributed by atoms with Gasteiger partial charge in [-0.05, 0) is 19.1 Å². The molecule has 15 heavy (non-hydrogen) atoms. The van der Waals surface area contributed by atoms with Crippen molar-refractivity contribution >= 4 is 11.6 Å². The van der Waals surface area contributed by atoms with E-state index in [1.165, 1.54) is 0 Å².